The molecule has 7 heteroatoms. The maximum Gasteiger partial charge on any atom is 0.259 e. The summed E-state index contributed by atoms with van der Waals surface area (Å²) < 4.78 is 27.0. The van der Waals surface area contributed by atoms with Crippen LogP contribution in [0, 0.1) is 13.8 Å². The van der Waals surface area contributed by atoms with Crippen molar-refractivity contribution in [2.45, 2.75) is 44.9 Å². The lowest BCUT2D eigenvalue weighted by molar-refractivity contribution is -0.156. The Morgan fingerprint density at radius 1 is 1.03 bits per heavy atom. The zero-order chi connectivity index (χ0) is 21.2. The molecule has 2 aromatic carbocycles. The fourth-order valence-electron chi connectivity index (χ4n) is 3.72. The topological polar surface area (TPSA) is 83.6 Å². The Morgan fingerprint density at radius 3 is 2.21 bits per heavy atom. The normalized spacial score (nSPS) is 18.8. The molecule has 2 amide bonds. The second kappa shape index (κ2) is 7.99. The van der Waals surface area contributed by atoms with E-state index >= 15 is 0 Å². The zero-order valence-electron chi connectivity index (χ0n) is 16.9. The van der Waals surface area contributed by atoms with E-state index in [4.69, 9.17) is 0 Å². The number of benzene rings is 2. The van der Waals surface area contributed by atoms with Crippen molar-refractivity contribution in [3.8, 4) is 0 Å². The molecule has 29 heavy (non-hydrogen) atoms. The van der Waals surface area contributed by atoms with Crippen LogP contribution in [-0.4, -0.2) is 37.2 Å². The van der Waals surface area contributed by atoms with Gasteiger partial charge in [0.25, 0.3) is 5.91 Å². The van der Waals surface area contributed by atoms with Crippen molar-refractivity contribution in [1.82, 2.24) is 9.62 Å². The fraction of sp³-hybridized carbons (Fsp3) is 0.364. The van der Waals surface area contributed by atoms with Gasteiger partial charge >= 0.3 is 0 Å². The first-order valence-electron chi connectivity index (χ1n) is 9.55. The molecule has 1 saturated heterocycles. The van der Waals surface area contributed by atoms with Gasteiger partial charge < -0.3 is 4.90 Å². The zero-order valence-corrected chi connectivity index (χ0v) is 17.8. The Bertz CT molecular complexity index is 1010. The number of amides is 2. The smallest absolute Gasteiger partial charge is 0.259 e. The molecule has 154 valence electrons. The average molecular weight is 415 g/mol. The lowest BCUT2D eigenvalue weighted by Crippen LogP contribution is -2.68. The number of aryl methyl sites for hydroxylation is 2. The highest BCUT2D eigenvalue weighted by atomic mass is 32.2. The van der Waals surface area contributed by atoms with Crippen LogP contribution in [0.2, 0.25) is 0 Å². The highest BCUT2D eigenvalue weighted by Crippen LogP contribution is 2.31. The van der Waals surface area contributed by atoms with E-state index in [-0.39, 0.29) is 18.1 Å². The average Bonchev–Trinajstić information content (AvgIpc) is 2.59. The molecular weight excluding hydrogens is 388 g/mol. The van der Waals surface area contributed by atoms with Crippen LogP contribution < -0.4 is 4.72 Å². The van der Waals surface area contributed by atoms with Gasteiger partial charge in [0.1, 0.15) is 5.54 Å². The van der Waals surface area contributed by atoms with Crippen molar-refractivity contribution in [1.29, 1.82) is 0 Å². The predicted molar refractivity (Wildman–Crippen MR) is 112 cm³/mol. The molecule has 1 unspecified atom stereocenters. The first-order chi connectivity index (χ1) is 13.6. The molecule has 1 aliphatic heterocycles. The van der Waals surface area contributed by atoms with E-state index in [1.807, 2.05) is 32.0 Å². The summed E-state index contributed by atoms with van der Waals surface area (Å²) >= 11 is 0. The molecule has 0 bridgehead atoms. The molecule has 1 fully saturated rings. The van der Waals surface area contributed by atoms with E-state index in [9.17, 15) is 18.0 Å². The minimum atomic E-state index is -3.85. The van der Waals surface area contributed by atoms with E-state index in [1.54, 1.807) is 37.3 Å². The van der Waals surface area contributed by atoms with Crippen molar-refractivity contribution in [3.05, 3.63) is 70.8 Å². The Hall–Kier alpha value is -2.67. The molecule has 1 aliphatic rings. The van der Waals surface area contributed by atoms with Crippen LogP contribution in [0.15, 0.2) is 48.5 Å². The molecule has 6 nitrogen and oxygen atoms in total. The summed E-state index contributed by atoms with van der Waals surface area (Å²) in [7, 11) is -3.85. The summed E-state index contributed by atoms with van der Waals surface area (Å²) in [6.45, 7) is 6.00. The number of nitrogens with zero attached hydrogens (tertiary/aromatic N) is 1. The largest absolute Gasteiger partial charge is 0.328 e. The number of hydrogen-bond acceptors (Lipinski definition) is 4. The fourth-order valence-corrected chi connectivity index (χ4v) is 4.92. The van der Waals surface area contributed by atoms with Gasteiger partial charge in [0.15, 0.2) is 0 Å². The third kappa shape index (κ3) is 4.85. The highest BCUT2D eigenvalue weighted by molar-refractivity contribution is 7.89. The highest BCUT2D eigenvalue weighted by Gasteiger charge is 2.50. The summed E-state index contributed by atoms with van der Waals surface area (Å²) in [6, 6.07) is 14.6. The Balaban J connectivity index is 1.67. The Morgan fingerprint density at radius 2 is 1.66 bits per heavy atom. The minimum Gasteiger partial charge on any atom is -0.328 e. The standard InChI is InChI=1S/C22H26N2O4S/c1-16-11-17(2)13-19(12-16)14-20(25)24-10-9-22(24,3)21(26)23-29(27,28)15-18-7-5-4-6-8-18/h4-8,11-13H,9-10,14-15H2,1-3H3,(H,23,26). The third-order valence-electron chi connectivity index (χ3n) is 5.29. The van der Waals surface area contributed by atoms with E-state index in [0.717, 1.165) is 16.7 Å². The number of sulfonamides is 1. The second-order valence-corrected chi connectivity index (χ2v) is 9.64. The van der Waals surface area contributed by atoms with Gasteiger partial charge in [-0.2, -0.15) is 0 Å². The molecule has 0 aromatic heterocycles. The summed E-state index contributed by atoms with van der Waals surface area (Å²) in [5.41, 5.74) is 2.47. The van der Waals surface area contributed by atoms with Gasteiger partial charge in [-0.15, -0.1) is 0 Å². The molecule has 3 rings (SSSR count). The molecule has 0 radical (unpaired) electrons. The van der Waals surface area contributed by atoms with Gasteiger partial charge in [0, 0.05) is 6.54 Å². The number of nitrogens with one attached hydrogen (secondary N) is 1. The molecule has 1 heterocycles. The number of likely N-dealkylation sites (tertiary alicyclic amines) is 1. The van der Waals surface area contributed by atoms with Crippen molar-refractivity contribution in [3.63, 3.8) is 0 Å². The molecule has 2 aromatic rings. The summed E-state index contributed by atoms with van der Waals surface area (Å²) in [4.78, 5) is 27.0. The Labute approximate surface area is 172 Å². The van der Waals surface area contributed by atoms with Gasteiger partial charge in [0.05, 0.1) is 12.2 Å². The van der Waals surface area contributed by atoms with Crippen molar-refractivity contribution >= 4 is 21.8 Å². The van der Waals surface area contributed by atoms with Gasteiger partial charge in [-0.1, -0.05) is 59.7 Å². The number of hydrogen-bond donors (Lipinski definition) is 1. The maximum absolute atomic E-state index is 12.8. The number of rotatable bonds is 6. The molecule has 0 saturated carbocycles. The van der Waals surface area contributed by atoms with Crippen molar-refractivity contribution < 1.29 is 18.0 Å². The van der Waals surface area contributed by atoms with Crippen LogP contribution in [-0.2, 0) is 31.8 Å². The lowest BCUT2D eigenvalue weighted by Gasteiger charge is -2.49. The van der Waals surface area contributed by atoms with Crippen molar-refractivity contribution in [2.24, 2.45) is 0 Å². The van der Waals surface area contributed by atoms with Crippen LogP contribution >= 0.6 is 0 Å². The van der Waals surface area contributed by atoms with Crippen molar-refractivity contribution in [2.75, 3.05) is 6.54 Å². The van der Waals surface area contributed by atoms with Gasteiger partial charge in [-0.25, -0.2) is 8.42 Å². The maximum atomic E-state index is 12.8. The molecule has 1 atom stereocenters. The van der Waals surface area contributed by atoms with Crippen LogP contribution in [0.4, 0.5) is 0 Å². The van der Waals surface area contributed by atoms with Gasteiger partial charge in [-0.05, 0) is 38.3 Å². The molecular formula is C22H26N2O4S. The SMILES string of the molecule is Cc1cc(C)cc(CC(=O)N2CCC2(C)C(=O)NS(=O)(=O)Cc2ccccc2)c1. The van der Waals surface area contributed by atoms with E-state index < -0.39 is 21.5 Å². The molecule has 0 aliphatic carbocycles. The first-order valence-corrected chi connectivity index (χ1v) is 11.2. The van der Waals surface area contributed by atoms with E-state index in [2.05, 4.69) is 4.72 Å². The first kappa shape index (κ1) is 21.0. The van der Waals surface area contributed by atoms with Gasteiger partial charge in [0.2, 0.25) is 15.9 Å². The second-order valence-electron chi connectivity index (χ2n) is 7.92. The minimum absolute atomic E-state index is 0.181. The molecule has 0 spiro atoms. The lowest BCUT2D eigenvalue weighted by atomic mass is 9.85. The van der Waals surface area contributed by atoms with E-state index in [0.29, 0.717) is 18.5 Å². The summed E-state index contributed by atoms with van der Waals surface area (Å²) in [6.07, 6.45) is 0.612. The third-order valence-corrected chi connectivity index (χ3v) is 6.50. The summed E-state index contributed by atoms with van der Waals surface area (Å²) in [5.74, 6) is -1.13. The van der Waals surface area contributed by atoms with Crippen LogP contribution in [0.25, 0.3) is 0 Å². The number of carbonyl (C=O) groups excluding carboxylic acids is 2. The Kier molecular flexibility index (Phi) is 5.80. The van der Waals surface area contributed by atoms with Crippen LogP contribution in [0.1, 0.15) is 35.6 Å². The number of carbonyl (C=O) groups is 2. The van der Waals surface area contributed by atoms with Crippen LogP contribution in [0.3, 0.4) is 0 Å². The predicted octanol–water partition coefficient (Wildman–Crippen LogP) is 2.48. The quantitative estimate of drug-likeness (QED) is 0.787. The summed E-state index contributed by atoms with van der Waals surface area (Å²) in [5, 5.41) is 0. The van der Waals surface area contributed by atoms with Crippen LogP contribution in [0.5, 0.6) is 0 Å². The van der Waals surface area contributed by atoms with E-state index in [1.165, 1.54) is 4.90 Å². The molecule has 1 N–H and O–H groups in total. The monoisotopic (exact) mass is 414 g/mol. The van der Waals surface area contributed by atoms with Gasteiger partial charge in [-0.3, -0.25) is 14.3 Å².